The Morgan fingerprint density at radius 3 is 2.71 bits per heavy atom. The molecular weight excluding hydrogens is 286 g/mol. The molecule has 6 heteroatoms. The summed E-state index contributed by atoms with van der Waals surface area (Å²) in [6.45, 7) is 4.13. The van der Waals surface area contributed by atoms with Crippen molar-refractivity contribution >= 4 is 10.0 Å². The van der Waals surface area contributed by atoms with Gasteiger partial charge in [-0.2, -0.15) is 4.31 Å². The van der Waals surface area contributed by atoms with Crippen LogP contribution >= 0.6 is 0 Å². The van der Waals surface area contributed by atoms with Crippen LogP contribution in [0, 0.1) is 0 Å². The van der Waals surface area contributed by atoms with Crippen molar-refractivity contribution in [1.29, 1.82) is 0 Å². The zero-order chi connectivity index (χ0) is 15.1. The molecular formula is C15H25N3O2S. The summed E-state index contributed by atoms with van der Waals surface area (Å²) in [5, 5.41) is 3.29. The molecule has 1 saturated heterocycles. The van der Waals surface area contributed by atoms with E-state index in [1.807, 2.05) is 18.2 Å². The zero-order valence-corrected chi connectivity index (χ0v) is 13.5. The normalized spacial score (nSPS) is 17.2. The highest BCUT2D eigenvalue weighted by Crippen LogP contribution is 2.17. The summed E-state index contributed by atoms with van der Waals surface area (Å²) in [4.78, 5) is 4.29. The molecule has 1 aliphatic rings. The van der Waals surface area contributed by atoms with E-state index in [1.165, 1.54) is 0 Å². The van der Waals surface area contributed by atoms with Gasteiger partial charge in [0, 0.05) is 24.5 Å². The van der Waals surface area contributed by atoms with Crippen molar-refractivity contribution in [2.75, 3.05) is 25.4 Å². The van der Waals surface area contributed by atoms with E-state index in [4.69, 9.17) is 0 Å². The van der Waals surface area contributed by atoms with Crippen LogP contribution in [0.3, 0.4) is 0 Å². The first-order chi connectivity index (χ1) is 10.1. The first kappa shape index (κ1) is 16.4. The summed E-state index contributed by atoms with van der Waals surface area (Å²) in [6.07, 6.45) is 5.23. The number of nitrogens with one attached hydrogen (secondary N) is 1. The molecule has 0 amide bonds. The van der Waals surface area contributed by atoms with E-state index < -0.39 is 10.0 Å². The lowest BCUT2D eigenvalue weighted by Gasteiger charge is -2.33. The monoisotopic (exact) mass is 311 g/mol. The quantitative estimate of drug-likeness (QED) is 0.827. The number of hydrogen-bond donors (Lipinski definition) is 1. The van der Waals surface area contributed by atoms with Gasteiger partial charge in [0.1, 0.15) is 0 Å². The lowest BCUT2D eigenvalue weighted by Crippen LogP contribution is -2.47. The van der Waals surface area contributed by atoms with E-state index in [2.05, 4.69) is 10.3 Å². The summed E-state index contributed by atoms with van der Waals surface area (Å²) in [6, 6.07) is 6.01. The maximum absolute atomic E-state index is 12.3. The summed E-state index contributed by atoms with van der Waals surface area (Å²) in [5.74, 6) is 0.181. The predicted octanol–water partition coefficient (Wildman–Crippen LogP) is 1.42. The van der Waals surface area contributed by atoms with Gasteiger partial charge >= 0.3 is 0 Å². The SMILES string of the molecule is CCS(=O)(=O)N(CCCc1ccccn1)C1CCNCC1. The van der Waals surface area contributed by atoms with E-state index in [1.54, 1.807) is 17.4 Å². The standard InChI is InChI=1S/C15H25N3O2S/c1-2-21(19,20)18(15-8-11-16-12-9-15)13-5-7-14-6-3-4-10-17-14/h3-4,6,10,15-16H,2,5,7-9,11-13H2,1H3. The fraction of sp³-hybridized carbons (Fsp3) is 0.667. The minimum absolute atomic E-state index is 0.153. The number of nitrogens with zero attached hydrogens (tertiary/aromatic N) is 2. The van der Waals surface area contributed by atoms with Crippen molar-refractivity contribution in [1.82, 2.24) is 14.6 Å². The van der Waals surface area contributed by atoms with Crippen LogP contribution in [-0.4, -0.2) is 49.1 Å². The van der Waals surface area contributed by atoms with Gasteiger partial charge in [-0.25, -0.2) is 8.42 Å². The zero-order valence-electron chi connectivity index (χ0n) is 12.7. The van der Waals surface area contributed by atoms with Crippen LogP contribution < -0.4 is 5.32 Å². The summed E-state index contributed by atoms with van der Waals surface area (Å²) in [7, 11) is -3.13. The Kier molecular flexibility index (Phi) is 6.14. The minimum Gasteiger partial charge on any atom is -0.317 e. The molecule has 0 unspecified atom stereocenters. The fourth-order valence-electron chi connectivity index (χ4n) is 2.77. The van der Waals surface area contributed by atoms with Gasteiger partial charge in [-0.05, 0) is 57.8 Å². The third kappa shape index (κ3) is 4.76. The third-order valence-electron chi connectivity index (χ3n) is 3.98. The van der Waals surface area contributed by atoms with Crippen LogP contribution in [-0.2, 0) is 16.4 Å². The van der Waals surface area contributed by atoms with Crippen LogP contribution in [0.1, 0.15) is 31.9 Å². The Labute approximate surface area is 127 Å². The second-order valence-electron chi connectivity index (χ2n) is 5.42. The van der Waals surface area contributed by atoms with Crippen LogP contribution in [0.4, 0.5) is 0 Å². The minimum atomic E-state index is -3.13. The lowest BCUT2D eigenvalue weighted by molar-refractivity contribution is 0.260. The predicted molar refractivity (Wildman–Crippen MR) is 84.6 cm³/mol. The van der Waals surface area contributed by atoms with Crippen molar-refractivity contribution in [3.05, 3.63) is 30.1 Å². The molecule has 0 bridgehead atoms. The molecule has 0 aliphatic carbocycles. The maximum Gasteiger partial charge on any atom is 0.214 e. The number of piperidine rings is 1. The number of rotatable bonds is 7. The molecule has 0 saturated carbocycles. The number of aromatic nitrogens is 1. The van der Waals surface area contributed by atoms with E-state index >= 15 is 0 Å². The van der Waals surface area contributed by atoms with E-state index in [-0.39, 0.29) is 11.8 Å². The van der Waals surface area contributed by atoms with Crippen LogP contribution in [0.2, 0.25) is 0 Å². The molecule has 1 fully saturated rings. The van der Waals surface area contributed by atoms with Gasteiger partial charge in [0.05, 0.1) is 5.75 Å². The molecule has 0 aromatic carbocycles. The Balaban J connectivity index is 1.95. The molecule has 0 atom stereocenters. The molecule has 21 heavy (non-hydrogen) atoms. The average Bonchev–Trinajstić information content (AvgIpc) is 2.53. The largest absolute Gasteiger partial charge is 0.317 e. The molecule has 0 radical (unpaired) electrons. The van der Waals surface area contributed by atoms with E-state index in [9.17, 15) is 8.42 Å². The molecule has 1 aromatic rings. The molecule has 1 N–H and O–H groups in total. The average molecular weight is 311 g/mol. The van der Waals surface area contributed by atoms with E-state index in [0.29, 0.717) is 6.54 Å². The summed E-state index contributed by atoms with van der Waals surface area (Å²) in [5.41, 5.74) is 1.02. The molecule has 1 aromatic heterocycles. The van der Waals surface area contributed by atoms with Gasteiger partial charge in [0.25, 0.3) is 0 Å². The second-order valence-corrected chi connectivity index (χ2v) is 7.63. The molecule has 5 nitrogen and oxygen atoms in total. The van der Waals surface area contributed by atoms with Crippen molar-refractivity contribution in [2.24, 2.45) is 0 Å². The highest BCUT2D eigenvalue weighted by Gasteiger charge is 2.29. The fourth-order valence-corrected chi connectivity index (χ4v) is 4.18. The molecule has 2 rings (SSSR count). The Morgan fingerprint density at radius 2 is 2.10 bits per heavy atom. The van der Waals surface area contributed by atoms with Crippen molar-refractivity contribution in [3.63, 3.8) is 0 Å². The molecule has 118 valence electrons. The highest BCUT2D eigenvalue weighted by molar-refractivity contribution is 7.89. The Morgan fingerprint density at radius 1 is 1.33 bits per heavy atom. The molecule has 0 spiro atoms. The summed E-state index contributed by atoms with van der Waals surface area (Å²) < 4.78 is 26.4. The maximum atomic E-state index is 12.3. The highest BCUT2D eigenvalue weighted by atomic mass is 32.2. The van der Waals surface area contributed by atoms with Gasteiger partial charge < -0.3 is 5.32 Å². The van der Waals surface area contributed by atoms with Crippen molar-refractivity contribution in [3.8, 4) is 0 Å². The van der Waals surface area contributed by atoms with Crippen molar-refractivity contribution in [2.45, 2.75) is 38.6 Å². The molecule has 2 heterocycles. The Hall–Kier alpha value is -0.980. The van der Waals surface area contributed by atoms with Crippen LogP contribution in [0.5, 0.6) is 0 Å². The van der Waals surface area contributed by atoms with Gasteiger partial charge in [-0.3, -0.25) is 4.98 Å². The number of pyridine rings is 1. The van der Waals surface area contributed by atoms with Gasteiger partial charge in [-0.15, -0.1) is 0 Å². The molecule has 1 aliphatic heterocycles. The summed E-state index contributed by atoms with van der Waals surface area (Å²) >= 11 is 0. The van der Waals surface area contributed by atoms with Gasteiger partial charge in [0.2, 0.25) is 10.0 Å². The lowest BCUT2D eigenvalue weighted by atomic mass is 10.1. The smallest absolute Gasteiger partial charge is 0.214 e. The van der Waals surface area contributed by atoms with Crippen molar-refractivity contribution < 1.29 is 8.42 Å². The second kappa shape index (κ2) is 7.87. The number of aryl methyl sites for hydroxylation is 1. The Bertz CT molecular complexity index is 513. The number of sulfonamides is 1. The van der Waals surface area contributed by atoms with E-state index in [0.717, 1.165) is 44.5 Å². The van der Waals surface area contributed by atoms with Crippen LogP contribution in [0.15, 0.2) is 24.4 Å². The third-order valence-corrected chi connectivity index (χ3v) is 5.90. The topological polar surface area (TPSA) is 62.3 Å². The van der Waals surface area contributed by atoms with Crippen LogP contribution in [0.25, 0.3) is 0 Å². The van der Waals surface area contributed by atoms with Gasteiger partial charge in [0.15, 0.2) is 0 Å². The van der Waals surface area contributed by atoms with Gasteiger partial charge in [-0.1, -0.05) is 6.07 Å². The first-order valence-corrected chi connectivity index (χ1v) is 9.34. The number of hydrogen-bond acceptors (Lipinski definition) is 4. The first-order valence-electron chi connectivity index (χ1n) is 7.73.